The number of carbonyl (C=O) groups is 1. The fraction of sp³-hybridized carbons (Fsp3) is 0.0370. The van der Waals surface area contributed by atoms with Crippen molar-refractivity contribution in [3.05, 3.63) is 102 Å². The van der Waals surface area contributed by atoms with E-state index < -0.39 is 0 Å². The average molecular weight is 447 g/mol. The van der Waals surface area contributed by atoms with Crippen molar-refractivity contribution in [2.24, 2.45) is 5.73 Å². The predicted molar refractivity (Wildman–Crippen MR) is 130 cm³/mol. The number of nitrogens with zero attached hydrogens (tertiary/aromatic N) is 4. The Morgan fingerprint density at radius 1 is 0.941 bits per heavy atom. The first kappa shape index (κ1) is 22.2. The summed E-state index contributed by atoms with van der Waals surface area (Å²) in [5.41, 5.74) is 9.66. The van der Waals surface area contributed by atoms with Gasteiger partial charge in [-0.1, -0.05) is 42.0 Å². The highest BCUT2D eigenvalue weighted by atomic mass is 16.5. The molecule has 0 aliphatic rings. The minimum Gasteiger partial charge on any atom is -0.457 e. The lowest BCUT2D eigenvalue weighted by molar-refractivity contribution is -0.106. The van der Waals surface area contributed by atoms with Crippen LogP contribution in [0.1, 0.15) is 11.1 Å². The van der Waals surface area contributed by atoms with E-state index >= 15 is 0 Å². The number of hydrogen-bond acceptors (Lipinski definition) is 5. The van der Waals surface area contributed by atoms with Crippen molar-refractivity contribution in [2.75, 3.05) is 0 Å². The van der Waals surface area contributed by atoms with Crippen LogP contribution in [0.5, 0.6) is 11.5 Å². The summed E-state index contributed by atoms with van der Waals surface area (Å²) < 4.78 is 7.62. The molecule has 0 bridgehead atoms. The largest absolute Gasteiger partial charge is 0.457 e. The standard InChI is InChI=1S/C26H18N4O.CH3NO/c1-18-6-5-7-20(16-18)24-14-15-28-26-23(17-27)25(29-30(24)26)19-10-12-22(13-11-19)31-21-8-3-2-4-9-21;2-1-3/h2-16H,1H3;1H,(H2,2,3). The van der Waals surface area contributed by atoms with Crippen molar-refractivity contribution in [3.8, 4) is 40.1 Å². The first-order valence-electron chi connectivity index (χ1n) is 10.5. The van der Waals surface area contributed by atoms with Gasteiger partial charge in [-0.3, -0.25) is 4.79 Å². The quantitative estimate of drug-likeness (QED) is 0.384. The van der Waals surface area contributed by atoms with Crippen LogP contribution >= 0.6 is 0 Å². The zero-order chi connectivity index (χ0) is 23.9. The summed E-state index contributed by atoms with van der Waals surface area (Å²) in [6.07, 6.45) is 1.97. The molecule has 34 heavy (non-hydrogen) atoms. The van der Waals surface area contributed by atoms with Gasteiger partial charge in [-0.2, -0.15) is 10.4 Å². The third-order valence-corrected chi connectivity index (χ3v) is 5.05. The van der Waals surface area contributed by atoms with Crippen LogP contribution in [0.25, 0.3) is 28.2 Å². The van der Waals surface area contributed by atoms with Crippen molar-refractivity contribution < 1.29 is 9.53 Å². The Hall–Kier alpha value is -4.96. The minimum atomic E-state index is 0.250. The van der Waals surface area contributed by atoms with E-state index in [0.717, 1.165) is 33.9 Å². The molecule has 5 aromatic rings. The predicted octanol–water partition coefficient (Wildman–Crippen LogP) is 5.14. The SMILES string of the molecule is Cc1cccc(-c2ccnc3c(C#N)c(-c4ccc(Oc5ccccc5)cc4)nn23)c1.NC=O. The van der Waals surface area contributed by atoms with Crippen LogP contribution in [0.4, 0.5) is 0 Å². The van der Waals surface area contributed by atoms with Crippen LogP contribution in [0.15, 0.2) is 91.1 Å². The second kappa shape index (κ2) is 10.1. The van der Waals surface area contributed by atoms with Crippen molar-refractivity contribution in [3.63, 3.8) is 0 Å². The Bertz CT molecular complexity index is 1470. The molecule has 5 rings (SSSR count). The Labute approximate surface area is 196 Å². The normalized spacial score (nSPS) is 10.1. The third-order valence-electron chi connectivity index (χ3n) is 5.05. The van der Waals surface area contributed by atoms with Crippen molar-refractivity contribution >= 4 is 12.1 Å². The summed E-state index contributed by atoms with van der Waals surface area (Å²) in [6.45, 7) is 2.05. The minimum absolute atomic E-state index is 0.250. The van der Waals surface area contributed by atoms with E-state index in [1.165, 1.54) is 0 Å². The first-order valence-corrected chi connectivity index (χ1v) is 10.5. The lowest BCUT2D eigenvalue weighted by atomic mass is 10.1. The van der Waals surface area contributed by atoms with Gasteiger partial charge in [0.2, 0.25) is 6.41 Å². The maximum absolute atomic E-state index is 9.85. The molecule has 0 radical (unpaired) electrons. The van der Waals surface area contributed by atoms with Gasteiger partial charge in [0, 0.05) is 17.3 Å². The highest BCUT2D eigenvalue weighted by Crippen LogP contribution is 2.30. The zero-order valence-electron chi connectivity index (χ0n) is 18.4. The molecule has 166 valence electrons. The van der Waals surface area contributed by atoms with E-state index in [4.69, 9.17) is 14.6 Å². The summed E-state index contributed by atoms with van der Waals surface area (Å²) >= 11 is 0. The molecule has 0 aliphatic carbocycles. The molecule has 0 fully saturated rings. The molecule has 0 aliphatic heterocycles. The number of nitrogens with two attached hydrogens (primary N) is 1. The molecule has 2 aromatic heterocycles. The van der Waals surface area contributed by atoms with Crippen molar-refractivity contribution in [1.82, 2.24) is 14.6 Å². The summed E-state index contributed by atoms with van der Waals surface area (Å²) in [6, 6.07) is 29.6. The monoisotopic (exact) mass is 447 g/mol. The fourth-order valence-corrected chi connectivity index (χ4v) is 3.58. The summed E-state index contributed by atoms with van der Waals surface area (Å²) in [4.78, 5) is 13.0. The lowest BCUT2D eigenvalue weighted by Gasteiger charge is -2.06. The highest BCUT2D eigenvalue weighted by molar-refractivity contribution is 5.77. The zero-order valence-corrected chi connectivity index (χ0v) is 18.4. The lowest BCUT2D eigenvalue weighted by Crippen LogP contribution is -1.96. The summed E-state index contributed by atoms with van der Waals surface area (Å²) in [5.74, 6) is 1.49. The molecule has 2 heterocycles. The maximum Gasteiger partial charge on any atom is 0.204 e. The van der Waals surface area contributed by atoms with Gasteiger partial charge in [0.15, 0.2) is 5.65 Å². The number of nitriles is 1. The molecule has 0 atom stereocenters. The molecule has 0 saturated heterocycles. The molecule has 2 N–H and O–H groups in total. The van der Waals surface area contributed by atoms with Crippen molar-refractivity contribution in [2.45, 2.75) is 6.92 Å². The number of aromatic nitrogens is 3. The van der Waals surface area contributed by atoms with Gasteiger partial charge in [-0.25, -0.2) is 9.50 Å². The number of primary amides is 1. The molecular formula is C27H21N5O2. The van der Waals surface area contributed by atoms with Crippen LogP contribution in [0.2, 0.25) is 0 Å². The van der Waals surface area contributed by atoms with Crippen LogP contribution in [-0.2, 0) is 4.79 Å². The van der Waals surface area contributed by atoms with Gasteiger partial charge in [0.1, 0.15) is 28.8 Å². The summed E-state index contributed by atoms with van der Waals surface area (Å²) in [7, 11) is 0. The van der Waals surface area contributed by atoms with Gasteiger partial charge in [0.25, 0.3) is 0 Å². The molecule has 1 amide bonds. The van der Waals surface area contributed by atoms with E-state index in [-0.39, 0.29) is 6.41 Å². The van der Waals surface area contributed by atoms with E-state index in [1.54, 1.807) is 10.7 Å². The van der Waals surface area contributed by atoms with Crippen LogP contribution in [0, 0.1) is 18.3 Å². The topological polar surface area (TPSA) is 106 Å². The fourth-order valence-electron chi connectivity index (χ4n) is 3.58. The molecule has 3 aromatic carbocycles. The van der Waals surface area contributed by atoms with Gasteiger partial charge in [-0.05, 0) is 55.5 Å². The number of carbonyl (C=O) groups excluding carboxylic acids is 1. The molecule has 0 spiro atoms. The molecule has 7 heteroatoms. The second-order valence-electron chi connectivity index (χ2n) is 7.35. The Balaban J connectivity index is 0.000000868. The van der Waals surface area contributed by atoms with Gasteiger partial charge < -0.3 is 10.5 Å². The number of benzene rings is 3. The summed E-state index contributed by atoms with van der Waals surface area (Å²) in [5, 5.41) is 14.6. The number of rotatable bonds is 4. The molecular weight excluding hydrogens is 426 g/mol. The van der Waals surface area contributed by atoms with Crippen LogP contribution in [-0.4, -0.2) is 21.0 Å². The Morgan fingerprint density at radius 2 is 1.65 bits per heavy atom. The second-order valence-corrected chi connectivity index (χ2v) is 7.35. The van der Waals surface area contributed by atoms with Crippen LogP contribution < -0.4 is 10.5 Å². The van der Waals surface area contributed by atoms with E-state index in [1.807, 2.05) is 72.8 Å². The van der Waals surface area contributed by atoms with Crippen molar-refractivity contribution in [1.29, 1.82) is 5.26 Å². The number of hydrogen-bond donors (Lipinski definition) is 1. The van der Waals surface area contributed by atoms with E-state index in [0.29, 0.717) is 16.9 Å². The van der Waals surface area contributed by atoms with Crippen LogP contribution in [0.3, 0.4) is 0 Å². The molecule has 7 nitrogen and oxygen atoms in total. The van der Waals surface area contributed by atoms with E-state index in [2.05, 4.69) is 35.8 Å². The Kier molecular flexibility index (Phi) is 6.61. The third kappa shape index (κ3) is 4.61. The van der Waals surface area contributed by atoms with E-state index in [9.17, 15) is 5.26 Å². The average Bonchev–Trinajstić information content (AvgIpc) is 3.24. The smallest absolute Gasteiger partial charge is 0.204 e. The highest BCUT2D eigenvalue weighted by Gasteiger charge is 2.18. The maximum atomic E-state index is 9.85. The van der Waals surface area contributed by atoms with Gasteiger partial charge >= 0.3 is 0 Å². The van der Waals surface area contributed by atoms with Gasteiger partial charge in [-0.15, -0.1) is 0 Å². The molecule has 0 saturated carbocycles. The Morgan fingerprint density at radius 3 is 2.32 bits per heavy atom. The number of aryl methyl sites for hydroxylation is 1. The number of para-hydroxylation sites is 1. The number of amides is 1. The number of ether oxygens (including phenoxy) is 1. The first-order chi connectivity index (χ1) is 16.6. The number of fused-ring (bicyclic) bond motifs is 1. The van der Waals surface area contributed by atoms with Gasteiger partial charge in [0.05, 0.1) is 5.69 Å². The molecule has 0 unspecified atom stereocenters.